The van der Waals surface area contributed by atoms with E-state index in [0.29, 0.717) is 17.7 Å². The second-order valence-electron chi connectivity index (χ2n) is 5.79. The smallest absolute Gasteiger partial charge is 0.261 e. The fourth-order valence-electron chi connectivity index (χ4n) is 2.65. The van der Waals surface area contributed by atoms with E-state index in [1.54, 1.807) is 31.3 Å². The highest BCUT2D eigenvalue weighted by Crippen LogP contribution is 2.22. The summed E-state index contributed by atoms with van der Waals surface area (Å²) in [5.41, 5.74) is 1.03. The van der Waals surface area contributed by atoms with Crippen molar-refractivity contribution in [2.75, 3.05) is 26.7 Å². The predicted octanol–water partition coefficient (Wildman–Crippen LogP) is 2.03. The summed E-state index contributed by atoms with van der Waals surface area (Å²) in [4.78, 5) is 30.0. The minimum absolute atomic E-state index is 0.180. The Hall–Kier alpha value is -2.37. The summed E-state index contributed by atoms with van der Waals surface area (Å²) < 4.78 is 0. The van der Waals surface area contributed by atoms with Crippen molar-refractivity contribution < 1.29 is 9.59 Å². The van der Waals surface area contributed by atoms with Crippen molar-refractivity contribution in [3.05, 3.63) is 35.4 Å². The highest BCUT2D eigenvalue weighted by Gasteiger charge is 2.34. The van der Waals surface area contributed by atoms with Gasteiger partial charge in [0, 0.05) is 26.7 Å². The van der Waals surface area contributed by atoms with Crippen molar-refractivity contribution in [3.63, 3.8) is 0 Å². The largest absolute Gasteiger partial charge is 0.356 e. The molecule has 0 fully saturated rings. The maximum Gasteiger partial charge on any atom is 0.261 e. The zero-order valence-corrected chi connectivity index (χ0v) is 14.5. The Kier molecular flexibility index (Phi) is 6.78. The van der Waals surface area contributed by atoms with Gasteiger partial charge in [-0.3, -0.25) is 19.5 Å². The van der Waals surface area contributed by atoms with Crippen molar-refractivity contribution in [1.29, 1.82) is 0 Å². The lowest BCUT2D eigenvalue weighted by molar-refractivity contribution is 0.0652. The van der Waals surface area contributed by atoms with Gasteiger partial charge >= 0.3 is 0 Å². The second-order valence-corrected chi connectivity index (χ2v) is 5.79. The number of unbranched alkanes of at least 4 members (excludes halogenated alkanes) is 2. The molecule has 0 spiro atoms. The van der Waals surface area contributed by atoms with Gasteiger partial charge in [-0.1, -0.05) is 25.5 Å². The Morgan fingerprint density at radius 3 is 2.12 bits per heavy atom. The number of imide groups is 1. The molecule has 0 radical (unpaired) electrons. The van der Waals surface area contributed by atoms with E-state index in [4.69, 9.17) is 0 Å². The van der Waals surface area contributed by atoms with Gasteiger partial charge in [-0.25, -0.2) is 0 Å². The van der Waals surface area contributed by atoms with Crippen LogP contribution in [0.1, 0.15) is 53.3 Å². The summed E-state index contributed by atoms with van der Waals surface area (Å²) in [5, 5.41) is 6.49. The Labute approximate surface area is 143 Å². The van der Waals surface area contributed by atoms with Crippen LogP contribution < -0.4 is 10.6 Å². The van der Waals surface area contributed by atoms with E-state index in [0.717, 1.165) is 44.7 Å². The fraction of sp³-hybridized carbons (Fsp3) is 0.500. The number of fused-ring (bicyclic) bond motifs is 1. The number of carbonyl (C=O) groups excluding carboxylic acids is 2. The first-order valence-corrected chi connectivity index (χ1v) is 8.58. The number of amides is 2. The molecule has 0 unspecified atom stereocenters. The molecule has 1 heterocycles. The van der Waals surface area contributed by atoms with Gasteiger partial charge in [0.2, 0.25) is 0 Å². The molecule has 0 aromatic heterocycles. The highest BCUT2D eigenvalue weighted by molar-refractivity contribution is 6.21. The average Bonchev–Trinajstić information content (AvgIpc) is 2.85. The van der Waals surface area contributed by atoms with Gasteiger partial charge < -0.3 is 10.6 Å². The van der Waals surface area contributed by atoms with Crippen molar-refractivity contribution in [2.24, 2.45) is 4.99 Å². The van der Waals surface area contributed by atoms with Crippen molar-refractivity contribution in [3.8, 4) is 0 Å². The molecule has 1 aromatic rings. The summed E-state index contributed by atoms with van der Waals surface area (Å²) in [6.07, 6.45) is 3.89. The van der Waals surface area contributed by atoms with Crippen LogP contribution in [0.5, 0.6) is 0 Å². The molecule has 6 heteroatoms. The topological polar surface area (TPSA) is 73.8 Å². The Bertz CT molecular complexity index is 578. The van der Waals surface area contributed by atoms with Crippen LogP contribution in [0.25, 0.3) is 0 Å². The van der Waals surface area contributed by atoms with Crippen LogP contribution >= 0.6 is 0 Å². The molecule has 0 bridgehead atoms. The van der Waals surface area contributed by atoms with Crippen molar-refractivity contribution in [2.45, 2.75) is 32.6 Å². The molecule has 1 aliphatic rings. The first-order valence-electron chi connectivity index (χ1n) is 8.58. The average molecular weight is 330 g/mol. The quantitative estimate of drug-likeness (QED) is 0.331. The third kappa shape index (κ3) is 4.34. The molecule has 24 heavy (non-hydrogen) atoms. The summed E-state index contributed by atoms with van der Waals surface area (Å²) in [6.45, 7) is 4.27. The number of nitrogens with one attached hydrogen (secondary N) is 2. The molecular weight excluding hydrogens is 304 g/mol. The van der Waals surface area contributed by atoms with E-state index in [1.165, 1.54) is 4.90 Å². The first-order chi connectivity index (χ1) is 11.7. The van der Waals surface area contributed by atoms with Gasteiger partial charge in [0.05, 0.1) is 11.1 Å². The number of nitrogens with zero attached hydrogens (tertiary/aromatic N) is 2. The molecule has 6 nitrogen and oxygen atoms in total. The number of rotatable bonds is 8. The molecule has 1 aliphatic heterocycles. The van der Waals surface area contributed by atoms with Crippen LogP contribution in [-0.2, 0) is 0 Å². The van der Waals surface area contributed by atoms with Gasteiger partial charge in [0.25, 0.3) is 11.8 Å². The Balaban J connectivity index is 1.70. The van der Waals surface area contributed by atoms with E-state index in [2.05, 4.69) is 22.5 Å². The lowest BCUT2D eigenvalue weighted by atomic mass is 10.1. The number of hydrogen-bond acceptors (Lipinski definition) is 3. The van der Waals surface area contributed by atoms with Gasteiger partial charge in [0.15, 0.2) is 5.96 Å². The standard InChI is InChI=1S/C18H26N4O2/c1-3-4-11-20-18(19-2)21-12-7-8-13-22-16(23)14-9-5-6-10-15(14)17(22)24/h5-6,9-10H,3-4,7-8,11-13H2,1-2H3,(H2,19,20,21). The number of guanidine groups is 1. The van der Waals surface area contributed by atoms with Crippen LogP contribution in [0.2, 0.25) is 0 Å². The summed E-state index contributed by atoms with van der Waals surface area (Å²) in [7, 11) is 1.75. The van der Waals surface area contributed by atoms with E-state index in [9.17, 15) is 9.59 Å². The van der Waals surface area contributed by atoms with E-state index in [1.807, 2.05) is 0 Å². The van der Waals surface area contributed by atoms with Crippen molar-refractivity contribution >= 4 is 17.8 Å². The molecule has 1 aromatic carbocycles. The summed E-state index contributed by atoms with van der Waals surface area (Å²) in [5.74, 6) is 0.436. The lowest BCUT2D eigenvalue weighted by Crippen LogP contribution is -2.38. The summed E-state index contributed by atoms with van der Waals surface area (Å²) >= 11 is 0. The third-order valence-corrected chi connectivity index (χ3v) is 4.03. The van der Waals surface area contributed by atoms with Crippen LogP contribution in [0.3, 0.4) is 0 Å². The van der Waals surface area contributed by atoms with Crippen molar-refractivity contribution in [1.82, 2.24) is 15.5 Å². The Morgan fingerprint density at radius 1 is 1.00 bits per heavy atom. The highest BCUT2D eigenvalue weighted by atomic mass is 16.2. The minimum Gasteiger partial charge on any atom is -0.356 e. The molecule has 0 saturated heterocycles. The van der Waals surface area contributed by atoms with Gasteiger partial charge in [-0.15, -0.1) is 0 Å². The zero-order valence-electron chi connectivity index (χ0n) is 14.5. The molecule has 130 valence electrons. The van der Waals surface area contributed by atoms with Gasteiger partial charge in [-0.2, -0.15) is 0 Å². The monoisotopic (exact) mass is 330 g/mol. The van der Waals surface area contributed by atoms with Crippen LogP contribution in [0.4, 0.5) is 0 Å². The SMILES string of the molecule is CCCCNC(=NC)NCCCCN1C(=O)c2ccccc2C1=O. The number of benzene rings is 1. The third-order valence-electron chi connectivity index (χ3n) is 4.03. The zero-order chi connectivity index (χ0) is 17.4. The van der Waals surface area contributed by atoms with Crippen LogP contribution in [0.15, 0.2) is 29.3 Å². The number of hydrogen-bond donors (Lipinski definition) is 2. The van der Waals surface area contributed by atoms with E-state index >= 15 is 0 Å². The van der Waals surface area contributed by atoms with E-state index < -0.39 is 0 Å². The number of aliphatic imine (C=N–C) groups is 1. The molecular formula is C18H26N4O2. The van der Waals surface area contributed by atoms with Crippen LogP contribution in [-0.4, -0.2) is 49.4 Å². The van der Waals surface area contributed by atoms with E-state index in [-0.39, 0.29) is 11.8 Å². The molecule has 2 rings (SSSR count). The minimum atomic E-state index is -0.180. The summed E-state index contributed by atoms with van der Waals surface area (Å²) in [6, 6.07) is 7.00. The number of carbonyl (C=O) groups is 2. The fourth-order valence-corrected chi connectivity index (χ4v) is 2.65. The first kappa shape index (κ1) is 18.0. The predicted molar refractivity (Wildman–Crippen MR) is 95.3 cm³/mol. The molecule has 0 saturated carbocycles. The molecule has 0 aliphatic carbocycles. The molecule has 2 N–H and O–H groups in total. The molecule has 0 atom stereocenters. The maximum atomic E-state index is 12.2. The van der Waals surface area contributed by atoms with Crippen LogP contribution in [0, 0.1) is 0 Å². The second kappa shape index (κ2) is 9.05. The van der Waals surface area contributed by atoms with Gasteiger partial charge in [0.1, 0.15) is 0 Å². The molecule has 2 amide bonds. The normalized spacial score (nSPS) is 14.1. The Morgan fingerprint density at radius 2 is 1.58 bits per heavy atom. The van der Waals surface area contributed by atoms with Gasteiger partial charge in [-0.05, 0) is 31.4 Å². The maximum absolute atomic E-state index is 12.2. The lowest BCUT2D eigenvalue weighted by Gasteiger charge is -2.14.